The van der Waals surface area contributed by atoms with Gasteiger partial charge in [-0.1, -0.05) is 34.6 Å². The van der Waals surface area contributed by atoms with Gasteiger partial charge in [0.1, 0.15) is 22.8 Å². The van der Waals surface area contributed by atoms with Crippen LogP contribution < -0.4 is 11.1 Å². The lowest BCUT2D eigenvalue weighted by Gasteiger charge is -2.59. The number of nitrogens with two attached hydrogens (primary N) is 1. The molecule has 10 heteroatoms. The fourth-order valence-corrected chi connectivity index (χ4v) is 7.23. The van der Waals surface area contributed by atoms with Crippen molar-refractivity contribution in [3.8, 4) is 5.75 Å². The quantitative estimate of drug-likeness (QED) is 0.233. The summed E-state index contributed by atoms with van der Waals surface area (Å²) in [5.41, 5.74) is 1.11. The molecule has 1 amide bonds. The molecule has 4 atom stereocenters. The number of rotatable bonds is 6. The Kier molecular flexibility index (Phi) is 6.68. The number of aliphatic hydroxyl groups is 3. The number of fused-ring (bicyclic) bond motifs is 3. The van der Waals surface area contributed by atoms with E-state index in [1.165, 1.54) is 11.8 Å². The molecule has 0 radical (unpaired) electrons. The van der Waals surface area contributed by atoms with Crippen molar-refractivity contribution in [2.45, 2.75) is 65.5 Å². The molecule has 7 N–H and O–H groups in total. The van der Waals surface area contributed by atoms with Crippen LogP contribution in [0.5, 0.6) is 5.75 Å². The number of aryl methyl sites for hydroxylation is 1. The maximum atomic E-state index is 14.3. The van der Waals surface area contributed by atoms with Crippen molar-refractivity contribution in [1.82, 2.24) is 4.90 Å². The van der Waals surface area contributed by atoms with Crippen molar-refractivity contribution in [2.24, 2.45) is 22.5 Å². The Bertz CT molecular complexity index is 1360. The minimum absolute atomic E-state index is 0.00300. The number of phenols is 1. The molecule has 10 nitrogen and oxygen atoms in total. The van der Waals surface area contributed by atoms with Crippen molar-refractivity contribution in [3.05, 3.63) is 39.7 Å². The molecule has 1 aromatic rings. The Balaban J connectivity index is 2.04. The molecule has 0 spiro atoms. The highest BCUT2D eigenvalue weighted by molar-refractivity contribution is 6.25. The molecule has 4 rings (SSSR count). The molecule has 0 bridgehead atoms. The Morgan fingerprint density at radius 3 is 2.33 bits per heavy atom. The monoisotopic (exact) mass is 541 g/mol. The molecule has 1 aromatic carbocycles. The van der Waals surface area contributed by atoms with Crippen molar-refractivity contribution in [3.63, 3.8) is 0 Å². The molecule has 3 aliphatic rings. The highest BCUT2D eigenvalue weighted by atomic mass is 16.3. The summed E-state index contributed by atoms with van der Waals surface area (Å²) >= 11 is 0. The number of primary amides is 1. The zero-order chi connectivity index (χ0) is 29.4. The summed E-state index contributed by atoms with van der Waals surface area (Å²) in [6, 6.07) is 0.676. The van der Waals surface area contributed by atoms with Gasteiger partial charge in [0.25, 0.3) is 5.91 Å². The first-order valence-corrected chi connectivity index (χ1v) is 13.2. The van der Waals surface area contributed by atoms with E-state index in [0.717, 1.165) is 5.56 Å². The van der Waals surface area contributed by atoms with Crippen LogP contribution in [-0.2, 0) is 27.2 Å². The van der Waals surface area contributed by atoms with Crippen LogP contribution in [0.25, 0.3) is 5.76 Å². The van der Waals surface area contributed by atoms with Crippen molar-refractivity contribution < 1.29 is 34.8 Å². The standard InChI is InChI=1S/C29H39N3O7/c1-8-14-9-16(31-11-13(2)3)20(33)17-15(14)10-27(4)12-28(5)23(32(6)7)22(35)18(26(30)38)24(36)29(28,39)25(37)19(27)21(17)34/h9,13,23,31,33-34,36,39H,8,10-12H2,1-7H3,(H2,30,38)/t23?,27-,28-,29?/m0/s1. The molecule has 39 heavy (non-hydrogen) atoms. The first-order chi connectivity index (χ1) is 18.0. The number of Topliss-reactive ketones (excluding diaryl/α,β-unsaturated/α-hetero) is 2. The van der Waals surface area contributed by atoms with E-state index in [0.29, 0.717) is 24.2 Å². The number of amides is 1. The molecule has 212 valence electrons. The van der Waals surface area contributed by atoms with Crippen LogP contribution in [0.15, 0.2) is 23.0 Å². The van der Waals surface area contributed by atoms with Crippen molar-refractivity contribution in [2.75, 3.05) is 26.0 Å². The van der Waals surface area contributed by atoms with Gasteiger partial charge in [-0.25, -0.2) is 0 Å². The maximum absolute atomic E-state index is 14.3. The Morgan fingerprint density at radius 2 is 1.82 bits per heavy atom. The first kappa shape index (κ1) is 28.6. The van der Waals surface area contributed by atoms with Gasteiger partial charge in [-0.15, -0.1) is 0 Å². The topological polar surface area (TPSA) is 173 Å². The molecule has 1 fully saturated rings. The normalized spacial score (nSPS) is 30.5. The molecule has 0 aliphatic heterocycles. The molecular weight excluding hydrogens is 502 g/mol. The average molecular weight is 542 g/mol. The third-order valence-electron chi connectivity index (χ3n) is 8.81. The van der Waals surface area contributed by atoms with Gasteiger partial charge in [0.2, 0.25) is 5.78 Å². The number of ketones is 2. The van der Waals surface area contributed by atoms with Crippen LogP contribution in [0.3, 0.4) is 0 Å². The number of anilines is 1. The van der Waals surface area contributed by atoms with Gasteiger partial charge in [-0.3, -0.25) is 19.3 Å². The van der Waals surface area contributed by atoms with Gasteiger partial charge in [0.05, 0.1) is 17.3 Å². The third kappa shape index (κ3) is 3.71. The summed E-state index contributed by atoms with van der Waals surface area (Å²) < 4.78 is 0. The molecular formula is C29H39N3O7. The van der Waals surface area contributed by atoms with Gasteiger partial charge >= 0.3 is 0 Å². The Labute approximate surface area is 228 Å². The summed E-state index contributed by atoms with van der Waals surface area (Å²) in [4.78, 5) is 41.5. The lowest BCUT2D eigenvalue weighted by atomic mass is 9.46. The number of carbonyl (C=O) groups excluding carboxylic acids is 3. The minimum atomic E-state index is -2.72. The first-order valence-electron chi connectivity index (χ1n) is 13.2. The van der Waals surface area contributed by atoms with E-state index >= 15 is 0 Å². The van der Waals surface area contributed by atoms with Crippen LogP contribution in [0.4, 0.5) is 5.69 Å². The zero-order valence-electron chi connectivity index (χ0n) is 23.6. The highest BCUT2D eigenvalue weighted by Crippen LogP contribution is 2.63. The van der Waals surface area contributed by atoms with Crippen LogP contribution in [-0.4, -0.2) is 75.1 Å². The molecule has 2 unspecified atom stereocenters. The number of hydrogen-bond acceptors (Lipinski definition) is 9. The number of nitrogens with one attached hydrogen (secondary N) is 1. The van der Waals surface area contributed by atoms with Crippen molar-refractivity contribution >= 4 is 28.9 Å². The summed E-state index contributed by atoms with van der Waals surface area (Å²) in [5.74, 6) is -4.62. The van der Waals surface area contributed by atoms with E-state index < -0.39 is 57.0 Å². The second-order valence-corrected chi connectivity index (χ2v) is 12.3. The molecule has 0 aromatic heterocycles. The SMILES string of the molecule is CCc1cc(NCC(C)C)c(O)c2c1C[C@@]1(C)C[C@@]3(C)C(N(C)C)C(=O)C(C(N)=O)=C(O)C3(O)C(=O)C1=C2O. The summed E-state index contributed by atoms with van der Waals surface area (Å²) in [7, 11) is 3.17. The van der Waals surface area contributed by atoms with Crippen molar-refractivity contribution in [1.29, 1.82) is 0 Å². The number of hydrogen-bond donors (Lipinski definition) is 6. The summed E-state index contributed by atoms with van der Waals surface area (Å²) in [6.45, 7) is 9.86. The number of aliphatic hydroxyl groups excluding tert-OH is 2. The lowest BCUT2D eigenvalue weighted by molar-refractivity contribution is -0.176. The number of aromatic hydroxyl groups is 1. The van der Waals surface area contributed by atoms with E-state index in [4.69, 9.17) is 5.73 Å². The Morgan fingerprint density at radius 1 is 1.21 bits per heavy atom. The average Bonchev–Trinajstić information content (AvgIpc) is 2.80. The number of benzene rings is 1. The Hall–Kier alpha value is -3.37. The van der Waals surface area contributed by atoms with Gasteiger partial charge in [0, 0.05) is 22.9 Å². The summed E-state index contributed by atoms with van der Waals surface area (Å²) in [6.07, 6.45) is 0.835. The predicted molar refractivity (Wildman–Crippen MR) is 146 cm³/mol. The molecule has 0 heterocycles. The van der Waals surface area contributed by atoms with Gasteiger partial charge < -0.3 is 31.5 Å². The summed E-state index contributed by atoms with van der Waals surface area (Å²) in [5, 5.41) is 49.4. The second-order valence-electron chi connectivity index (χ2n) is 12.3. The number of likely N-dealkylation sites (N-methyl/N-ethyl adjacent to an activating group) is 1. The molecule has 1 saturated carbocycles. The third-order valence-corrected chi connectivity index (χ3v) is 8.81. The molecule has 0 saturated heterocycles. The smallest absolute Gasteiger partial charge is 0.255 e. The second kappa shape index (κ2) is 9.09. The van der Waals surface area contributed by atoms with Gasteiger partial charge in [0.15, 0.2) is 11.4 Å². The van der Waals surface area contributed by atoms with Gasteiger partial charge in [-0.2, -0.15) is 0 Å². The van der Waals surface area contributed by atoms with E-state index in [9.17, 15) is 34.8 Å². The van der Waals surface area contributed by atoms with Crippen LogP contribution in [0.1, 0.15) is 57.7 Å². The van der Waals surface area contributed by atoms with E-state index in [1.54, 1.807) is 21.0 Å². The number of nitrogens with zero attached hydrogens (tertiary/aromatic N) is 1. The van der Waals surface area contributed by atoms with Crippen LogP contribution in [0.2, 0.25) is 0 Å². The maximum Gasteiger partial charge on any atom is 0.255 e. The van der Waals surface area contributed by atoms with E-state index in [2.05, 4.69) is 5.32 Å². The largest absolute Gasteiger partial charge is 0.508 e. The van der Waals surface area contributed by atoms with Crippen LogP contribution in [0, 0.1) is 16.7 Å². The minimum Gasteiger partial charge on any atom is -0.508 e. The fourth-order valence-electron chi connectivity index (χ4n) is 7.23. The fraction of sp³-hybridized carbons (Fsp3) is 0.552. The number of carbonyl (C=O) groups is 3. The lowest BCUT2D eigenvalue weighted by Crippen LogP contribution is -2.72. The molecule has 3 aliphatic carbocycles. The predicted octanol–water partition coefficient (Wildman–Crippen LogP) is 2.37. The highest BCUT2D eigenvalue weighted by Gasteiger charge is 2.72. The van der Waals surface area contributed by atoms with E-state index in [1.807, 2.05) is 26.8 Å². The van der Waals surface area contributed by atoms with E-state index in [-0.39, 0.29) is 35.6 Å². The zero-order valence-corrected chi connectivity index (χ0v) is 23.6. The van der Waals surface area contributed by atoms with Gasteiger partial charge in [-0.05, 0) is 56.5 Å². The van der Waals surface area contributed by atoms with Crippen LogP contribution >= 0.6 is 0 Å². The number of phenolic OH excluding ortho intramolecular Hbond substituents is 1.